The van der Waals surface area contributed by atoms with Gasteiger partial charge in [-0.15, -0.1) is 0 Å². The minimum absolute atomic E-state index is 0.0336. The number of rotatable bonds is 5. The number of aromatic carboxylic acids is 1. The molecule has 0 aliphatic heterocycles. The van der Waals surface area contributed by atoms with Crippen molar-refractivity contribution in [2.45, 2.75) is 9.79 Å². The lowest BCUT2D eigenvalue weighted by Gasteiger charge is -2.07. The number of hydrogen-bond donors (Lipinski definition) is 1. The summed E-state index contributed by atoms with van der Waals surface area (Å²) in [6.07, 6.45) is 0. The van der Waals surface area contributed by atoms with Crippen LogP contribution in [0.25, 0.3) is 0 Å². The molecule has 7 heteroatoms. The minimum atomic E-state index is -3.66. The van der Waals surface area contributed by atoms with Crippen LogP contribution in [0.2, 0.25) is 0 Å². The predicted octanol–water partition coefficient (Wildman–Crippen LogP) is 3.44. The summed E-state index contributed by atoms with van der Waals surface area (Å²) in [5.41, 5.74) is 0.0460. The third kappa shape index (κ3) is 4.04. The van der Waals surface area contributed by atoms with Gasteiger partial charge in [0.05, 0.1) is 20.9 Å². The molecule has 0 amide bonds. The third-order valence-corrected chi connectivity index (χ3v) is 5.53. The van der Waals surface area contributed by atoms with Crippen molar-refractivity contribution in [3.63, 3.8) is 0 Å². The number of esters is 1. The number of carbonyl (C=O) groups excluding carboxylic acids is 1. The summed E-state index contributed by atoms with van der Waals surface area (Å²) >= 11 is 0. The van der Waals surface area contributed by atoms with Crippen LogP contribution >= 0.6 is 0 Å². The highest BCUT2D eigenvalue weighted by atomic mass is 32.2. The first-order valence-electron chi connectivity index (χ1n) is 7.84. The van der Waals surface area contributed by atoms with Gasteiger partial charge in [-0.2, -0.15) is 0 Å². The Hall–Kier alpha value is -3.45. The number of ether oxygens (including phenoxy) is 1. The molecule has 0 aromatic heterocycles. The maximum Gasteiger partial charge on any atom is 0.343 e. The molecule has 0 unspecified atom stereocenters. The van der Waals surface area contributed by atoms with Crippen LogP contribution in [0.15, 0.2) is 88.7 Å². The fraction of sp³-hybridized carbons (Fsp3) is 0. The second-order valence-electron chi connectivity index (χ2n) is 5.56. The van der Waals surface area contributed by atoms with E-state index < -0.39 is 21.8 Å². The van der Waals surface area contributed by atoms with Gasteiger partial charge in [-0.05, 0) is 54.6 Å². The highest BCUT2D eigenvalue weighted by Gasteiger charge is 2.18. The molecule has 0 radical (unpaired) electrons. The zero-order chi connectivity index (χ0) is 19.4. The molecular weight excluding hydrogens is 368 g/mol. The van der Waals surface area contributed by atoms with Gasteiger partial charge in [0.2, 0.25) is 9.84 Å². The van der Waals surface area contributed by atoms with Gasteiger partial charge >= 0.3 is 11.9 Å². The monoisotopic (exact) mass is 382 g/mol. The van der Waals surface area contributed by atoms with E-state index in [1.54, 1.807) is 18.2 Å². The van der Waals surface area contributed by atoms with Crippen LogP contribution in [-0.4, -0.2) is 25.5 Å². The van der Waals surface area contributed by atoms with E-state index in [0.717, 1.165) is 0 Å². The molecule has 0 saturated heterocycles. The molecule has 0 saturated carbocycles. The predicted molar refractivity (Wildman–Crippen MR) is 96.7 cm³/mol. The van der Waals surface area contributed by atoms with Crippen molar-refractivity contribution in [1.29, 1.82) is 0 Å². The molecule has 136 valence electrons. The van der Waals surface area contributed by atoms with E-state index in [0.29, 0.717) is 0 Å². The first-order valence-corrected chi connectivity index (χ1v) is 9.32. The number of carbonyl (C=O) groups is 2. The second-order valence-corrected chi connectivity index (χ2v) is 7.51. The Balaban J connectivity index is 1.79. The first-order chi connectivity index (χ1) is 12.9. The fourth-order valence-electron chi connectivity index (χ4n) is 2.37. The van der Waals surface area contributed by atoms with Crippen LogP contribution < -0.4 is 4.74 Å². The largest absolute Gasteiger partial charge is 0.478 e. The first kappa shape index (κ1) is 18.3. The van der Waals surface area contributed by atoms with Crippen molar-refractivity contribution in [1.82, 2.24) is 0 Å². The fourth-order valence-corrected chi connectivity index (χ4v) is 3.65. The Morgan fingerprint density at radius 2 is 1.33 bits per heavy atom. The Morgan fingerprint density at radius 1 is 0.741 bits per heavy atom. The van der Waals surface area contributed by atoms with Gasteiger partial charge in [-0.1, -0.05) is 24.3 Å². The maximum atomic E-state index is 12.5. The molecule has 0 heterocycles. The molecule has 1 N–H and O–H groups in total. The molecule has 0 bridgehead atoms. The SMILES string of the molecule is O=C(O)c1cccc(C(=O)Oc2ccc(S(=O)(=O)c3ccccc3)cc2)c1. The molecular formula is C20H14O6S. The van der Waals surface area contributed by atoms with E-state index in [1.807, 2.05) is 0 Å². The van der Waals surface area contributed by atoms with Crippen LogP contribution in [-0.2, 0) is 9.84 Å². The van der Waals surface area contributed by atoms with Gasteiger partial charge in [0, 0.05) is 0 Å². The topological polar surface area (TPSA) is 97.7 Å². The summed E-state index contributed by atoms with van der Waals surface area (Å²) in [7, 11) is -3.66. The number of carboxylic acids is 1. The van der Waals surface area contributed by atoms with Crippen LogP contribution in [0.3, 0.4) is 0 Å². The average molecular weight is 382 g/mol. The van der Waals surface area contributed by atoms with Gasteiger partial charge in [0.15, 0.2) is 0 Å². The molecule has 27 heavy (non-hydrogen) atoms. The molecule has 0 aliphatic rings. The second kappa shape index (κ2) is 7.43. The Morgan fingerprint density at radius 3 is 1.96 bits per heavy atom. The zero-order valence-electron chi connectivity index (χ0n) is 13.9. The van der Waals surface area contributed by atoms with Crippen molar-refractivity contribution in [2.75, 3.05) is 0 Å². The van der Waals surface area contributed by atoms with E-state index in [1.165, 1.54) is 60.7 Å². The molecule has 0 aliphatic carbocycles. The zero-order valence-corrected chi connectivity index (χ0v) is 14.7. The number of carboxylic acid groups (broad SMARTS) is 1. The molecule has 0 atom stereocenters. The molecule has 0 fully saturated rings. The lowest BCUT2D eigenvalue weighted by atomic mass is 10.1. The van der Waals surface area contributed by atoms with E-state index in [4.69, 9.17) is 9.84 Å². The summed E-state index contributed by atoms with van der Waals surface area (Å²) in [6, 6.07) is 18.9. The molecule has 6 nitrogen and oxygen atoms in total. The Kier molecular flexibility index (Phi) is 5.05. The Bertz CT molecular complexity index is 1090. The summed E-state index contributed by atoms with van der Waals surface area (Å²) in [4.78, 5) is 23.4. The van der Waals surface area contributed by atoms with Gasteiger partial charge in [-0.3, -0.25) is 0 Å². The lowest BCUT2D eigenvalue weighted by molar-refractivity contribution is 0.0697. The highest BCUT2D eigenvalue weighted by molar-refractivity contribution is 7.91. The molecule has 0 spiro atoms. The minimum Gasteiger partial charge on any atom is -0.478 e. The maximum absolute atomic E-state index is 12.5. The highest BCUT2D eigenvalue weighted by Crippen LogP contribution is 2.23. The van der Waals surface area contributed by atoms with Crippen molar-refractivity contribution >= 4 is 21.8 Å². The standard InChI is InChI=1S/C20H14O6S/c21-19(22)14-5-4-6-15(13-14)20(23)26-16-9-11-18(12-10-16)27(24,25)17-7-2-1-3-8-17/h1-13H,(H,21,22). The Labute approximate surface area is 155 Å². The quantitative estimate of drug-likeness (QED) is 0.536. The van der Waals surface area contributed by atoms with Crippen LogP contribution in [0.5, 0.6) is 5.75 Å². The summed E-state index contributed by atoms with van der Waals surface area (Å²) < 4.78 is 30.2. The van der Waals surface area contributed by atoms with Crippen LogP contribution in [0.1, 0.15) is 20.7 Å². The van der Waals surface area contributed by atoms with E-state index in [9.17, 15) is 18.0 Å². The van der Waals surface area contributed by atoms with Crippen molar-refractivity contribution in [3.8, 4) is 5.75 Å². The van der Waals surface area contributed by atoms with Gasteiger partial charge in [0.25, 0.3) is 0 Å². The summed E-state index contributed by atoms with van der Waals surface area (Å²) in [6.45, 7) is 0. The number of hydrogen-bond acceptors (Lipinski definition) is 5. The molecule has 3 aromatic rings. The smallest absolute Gasteiger partial charge is 0.343 e. The molecule has 3 rings (SSSR count). The summed E-state index contributed by atoms with van der Waals surface area (Å²) in [5, 5.41) is 8.97. The lowest BCUT2D eigenvalue weighted by Crippen LogP contribution is -2.10. The van der Waals surface area contributed by atoms with Crippen LogP contribution in [0, 0.1) is 0 Å². The number of benzene rings is 3. The van der Waals surface area contributed by atoms with E-state index in [2.05, 4.69) is 0 Å². The van der Waals surface area contributed by atoms with E-state index >= 15 is 0 Å². The number of sulfone groups is 1. The third-order valence-electron chi connectivity index (χ3n) is 3.74. The van der Waals surface area contributed by atoms with Gasteiger partial charge in [-0.25, -0.2) is 18.0 Å². The average Bonchev–Trinajstić information content (AvgIpc) is 2.69. The van der Waals surface area contributed by atoms with Gasteiger partial charge < -0.3 is 9.84 Å². The van der Waals surface area contributed by atoms with E-state index in [-0.39, 0.29) is 26.7 Å². The summed E-state index contributed by atoms with van der Waals surface area (Å²) in [5.74, 6) is -1.75. The van der Waals surface area contributed by atoms with Crippen LogP contribution in [0.4, 0.5) is 0 Å². The van der Waals surface area contributed by atoms with Gasteiger partial charge in [0.1, 0.15) is 5.75 Å². The van der Waals surface area contributed by atoms with Crippen molar-refractivity contribution in [3.05, 3.63) is 90.0 Å². The van der Waals surface area contributed by atoms with Crippen molar-refractivity contribution < 1.29 is 27.9 Å². The normalized spacial score (nSPS) is 11.0. The van der Waals surface area contributed by atoms with Crippen molar-refractivity contribution in [2.24, 2.45) is 0 Å². The molecule has 3 aromatic carbocycles.